The number of aromatic nitrogens is 1. The fraction of sp³-hybridized carbons (Fsp3) is 0.612. The molecule has 4 rings (SSSR count). The first kappa shape index (κ1) is 53.0. The molecule has 1 aromatic heterocycles. The minimum absolute atomic E-state index is 0.00979. The molecule has 63 heavy (non-hydrogen) atoms. The Bertz CT molecular complexity index is 1800. The number of hydrogen-bond acceptors (Lipinski definition) is 10. The average molecular weight is 892 g/mol. The van der Waals surface area contributed by atoms with Crippen molar-refractivity contribution < 1.29 is 28.7 Å². The van der Waals surface area contributed by atoms with Crippen molar-refractivity contribution in [3.05, 3.63) is 82.3 Å². The van der Waals surface area contributed by atoms with E-state index in [1.54, 1.807) is 32.4 Å². The third kappa shape index (κ3) is 15.7. The molecule has 8 atom stereocenters. The second-order valence-corrected chi connectivity index (χ2v) is 18.3. The van der Waals surface area contributed by atoms with Crippen LogP contribution in [-0.2, 0) is 41.5 Å². The van der Waals surface area contributed by atoms with Crippen LogP contribution in [-0.4, -0.2) is 122 Å². The van der Waals surface area contributed by atoms with Crippen molar-refractivity contribution in [1.82, 2.24) is 30.3 Å². The number of methoxy groups -OCH3 is 2. The molecule has 0 aliphatic carbocycles. The average Bonchev–Trinajstić information content (AvgIpc) is 3.99. The summed E-state index contributed by atoms with van der Waals surface area (Å²) in [6, 6.07) is 16.2. The van der Waals surface area contributed by atoms with E-state index in [0.717, 1.165) is 35.4 Å². The van der Waals surface area contributed by atoms with Crippen LogP contribution in [0, 0.1) is 17.8 Å². The van der Waals surface area contributed by atoms with E-state index < -0.39 is 30.2 Å². The van der Waals surface area contributed by atoms with Gasteiger partial charge in [0.15, 0.2) is 0 Å². The molecule has 14 heteroatoms. The van der Waals surface area contributed by atoms with Crippen molar-refractivity contribution in [1.29, 1.82) is 0 Å². The summed E-state index contributed by atoms with van der Waals surface area (Å²) in [6.45, 7) is 15.2. The van der Waals surface area contributed by atoms with E-state index in [4.69, 9.17) is 15.2 Å². The number of hydrogen-bond donors (Lipinski definition) is 3. The van der Waals surface area contributed by atoms with Crippen LogP contribution in [0.5, 0.6) is 0 Å². The molecule has 0 bridgehead atoms. The molecule has 4 amide bonds. The van der Waals surface area contributed by atoms with Gasteiger partial charge in [0, 0.05) is 51.6 Å². The maximum Gasteiger partial charge on any atom is 0.242 e. The van der Waals surface area contributed by atoms with E-state index in [1.165, 1.54) is 17.8 Å². The number of nitrogens with one attached hydrogen (secondary N) is 2. The second-order valence-electron chi connectivity index (χ2n) is 17.4. The Morgan fingerprint density at radius 3 is 2.17 bits per heavy atom. The molecule has 2 aromatic carbocycles. The van der Waals surface area contributed by atoms with Crippen LogP contribution in [0.2, 0.25) is 0 Å². The van der Waals surface area contributed by atoms with Crippen LogP contribution in [0.4, 0.5) is 5.69 Å². The SMILES string of the molecule is CCC.CCC(C)C(C(CC(=O)N1CCCC1C(OC)C(C)C(=O)NC(Cc1ccccc1)c1nccs1)OC)N(C)C(=O)CNC(=O)C(C(C)C)N(C)CCc1ccc(N)cc1. The number of rotatable bonds is 23. The second kappa shape index (κ2) is 27.1. The minimum Gasteiger partial charge on any atom is -0.399 e. The predicted molar refractivity (Wildman–Crippen MR) is 254 cm³/mol. The van der Waals surface area contributed by atoms with Gasteiger partial charge in [0.25, 0.3) is 0 Å². The first-order valence-electron chi connectivity index (χ1n) is 22.8. The van der Waals surface area contributed by atoms with Gasteiger partial charge in [0.05, 0.1) is 55.3 Å². The number of nitrogen functional groups attached to an aromatic ring is 1. The summed E-state index contributed by atoms with van der Waals surface area (Å²) in [5.41, 5.74) is 8.77. The number of likely N-dealkylation sites (tertiary alicyclic amines) is 1. The van der Waals surface area contributed by atoms with Gasteiger partial charge in [-0.2, -0.15) is 0 Å². The summed E-state index contributed by atoms with van der Waals surface area (Å²) in [5, 5.41) is 8.87. The zero-order valence-corrected chi connectivity index (χ0v) is 40.7. The molecule has 4 N–H and O–H groups in total. The van der Waals surface area contributed by atoms with Crippen LogP contribution >= 0.6 is 11.3 Å². The Hall–Kier alpha value is -4.37. The lowest BCUT2D eigenvalue weighted by atomic mass is 9.90. The van der Waals surface area contributed by atoms with Gasteiger partial charge < -0.3 is 35.6 Å². The molecule has 2 heterocycles. The van der Waals surface area contributed by atoms with Crippen molar-refractivity contribution in [3.63, 3.8) is 0 Å². The minimum atomic E-state index is -0.611. The van der Waals surface area contributed by atoms with E-state index in [-0.39, 0.29) is 60.5 Å². The molecule has 1 fully saturated rings. The number of carbonyl (C=O) groups excluding carboxylic acids is 4. The first-order chi connectivity index (χ1) is 30.1. The lowest BCUT2D eigenvalue weighted by Crippen LogP contribution is -2.55. The zero-order chi connectivity index (χ0) is 46.6. The summed E-state index contributed by atoms with van der Waals surface area (Å²) in [5.74, 6) is -1.33. The van der Waals surface area contributed by atoms with Gasteiger partial charge >= 0.3 is 0 Å². The quantitative estimate of drug-likeness (QED) is 0.0874. The molecule has 3 aromatic rings. The summed E-state index contributed by atoms with van der Waals surface area (Å²) < 4.78 is 12.1. The summed E-state index contributed by atoms with van der Waals surface area (Å²) >= 11 is 1.50. The Balaban J connectivity index is 0.00000342. The lowest BCUT2D eigenvalue weighted by Gasteiger charge is -2.39. The number of likely N-dealkylation sites (N-methyl/N-ethyl adjacent to an activating group) is 2. The van der Waals surface area contributed by atoms with Crippen molar-refractivity contribution in [2.45, 2.75) is 130 Å². The van der Waals surface area contributed by atoms with E-state index >= 15 is 0 Å². The van der Waals surface area contributed by atoms with Crippen molar-refractivity contribution in [3.8, 4) is 0 Å². The maximum atomic E-state index is 14.3. The fourth-order valence-corrected chi connectivity index (χ4v) is 9.31. The third-order valence-corrected chi connectivity index (χ3v) is 13.1. The van der Waals surface area contributed by atoms with Crippen molar-refractivity contribution in [2.75, 3.05) is 53.7 Å². The maximum absolute atomic E-state index is 14.3. The monoisotopic (exact) mass is 892 g/mol. The van der Waals surface area contributed by atoms with E-state index in [9.17, 15) is 19.2 Å². The van der Waals surface area contributed by atoms with Gasteiger partial charge in [-0.3, -0.25) is 24.1 Å². The Labute approximate surface area is 381 Å². The summed E-state index contributed by atoms with van der Waals surface area (Å²) in [7, 11) is 6.81. The topological polar surface area (TPSA) is 159 Å². The van der Waals surface area contributed by atoms with Gasteiger partial charge in [-0.1, -0.05) is 104 Å². The third-order valence-electron chi connectivity index (χ3n) is 12.2. The summed E-state index contributed by atoms with van der Waals surface area (Å²) in [6.07, 6.45) is 5.45. The molecule has 8 unspecified atom stereocenters. The highest BCUT2D eigenvalue weighted by atomic mass is 32.1. The number of thiazole rings is 1. The highest BCUT2D eigenvalue weighted by Crippen LogP contribution is 2.30. The van der Waals surface area contributed by atoms with Crippen molar-refractivity contribution in [2.24, 2.45) is 17.8 Å². The van der Waals surface area contributed by atoms with E-state index in [2.05, 4.69) is 29.5 Å². The van der Waals surface area contributed by atoms with Crippen LogP contribution in [0.1, 0.15) is 103 Å². The Morgan fingerprint density at radius 2 is 1.60 bits per heavy atom. The predicted octanol–water partition coefficient (Wildman–Crippen LogP) is 6.78. The number of carbonyl (C=O) groups is 4. The van der Waals surface area contributed by atoms with Crippen LogP contribution in [0.15, 0.2) is 66.2 Å². The molecule has 1 saturated heterocycles. The molecule has 0 saturated carbocycles. The standard InChI is InChI=1S/C46H69N7O6S.C3H8/c1-10-31(4)42(52(7)40(55)29-49-45(57)41(30(2)3)51(6)25-22-33-18-20-35(47)21-19-33)38(58-8)28-39(54)53-24-14-17-37(53)43(59-9)32(5)44(56)50-36(46-48-23-26-60-46)27-34-15-12-11-13-16-34;1-3-2/h11-13,15-16,18-21,23,26,30-32,36-38,41-43H,10,14,17,22,24-25,27-29,47H2,1-9H3,(H,49,57)(H,50,56);3H2,1-2H3. The molecule has 350 valence electrons. The van der Waals surface area contributed by atoms with Gasteiger partial charge in [-0.15, -0.1) is 11.3 Å². The van der Waals surface area contributed by atoms with Crippen LogP contribution < -0.4 is 16.4 Å². The van der Waals surface area contributed by atoms with Gasteiger partial charge in [-0.05, 0) is 67.8 Å². The zero-order valence-electron chi connectivity index (χ0n) is 39.8. The molecular formula is C49H77N7O6S. The number of amides is 4. The van der Waals surface area contributed by atoms with Crippen LogP contribution in [0.25, 0.3) is 0 Å². The number of anilines is 1. The first-order valence-corrected chi connectivity index (χ1v) is 23.7. The fourth-order valence-electron chi connectivity index (χ4n) is 8.62. The van der Waals surface area contributed by atoms with Crippen LogP contribution in [0.3, 0.4) is 0 Å². The number of ether oxygens (including phenoxy) is 2. The molecule has 1 aliphatic rings. The normalized spacial score (nSPS) is 17.2. The van der Waals surface area contributed by atoms with Gasteiger partial charge in [0.1, 0.15) is 5.01 Å². The molecule has 0 spiro atoms. The number of nitrogens with two attached hydrogens (primary N) is 1. The highest BCUT2D eigenvalue weighted by molar-refractivity contribution is 7.09. The molecule has 1 aliphatic heterocycles. The summed E-state index contributed by atoms with van der Waals surface area (Å²) in [4.78, 5) is 65.6. The highest BCUT2D eigenvalue weighted by Gasteiger charge is 2.42. The molecule has 13 nitrogen and oxygen atoms in total. The largest absolute Gasteiger partial charge is 0.399 e. The Kier molecular flexibility index (Phi) is 22.8. The smallest absolute Gasteiger partial charge is 0.242 e. The van der Waals surface area contributed by atoms with E-state index in [0.29, 0.717) is 31.6 Å². The molecule has 0 radical (unpaired) electrons. The van der Waals surface area contributed by atoms with E-state index in [1.807, 2.05) is 111 Å². The number of nitrogens with zero attached hydrogens (tertiary/aromatic N) is 4. The van der Waals surface area contributed by atoms with Gasteiger partial charge in [-0.25, -0.2) is 4.98 Å². The number of benzene rings is 2. The Morgan fingerprint density at radius 1 is 0.937 bits per heavy atom. The molecular weight excluding hydrogens is 815 g/mol. The lowest BCUT2D eigenvalue weighted by molar-refractivity contribution is -0.146. The van der Waals surface area contributed by atoms with Gasteiger partial charge in [0.2, 0.25) is 23.6 Å². The van der Waals surface area contributed by atoms with Crippen molar-refractivity contribution >= 4 is 40.7 Å².